The Morgan fingerprint density at radius 2 is 1.79 bits per heavy atom. The summed E-state index contributed by atoms with van der Waals surface area (Å²) < 4.78 is 5.11. The highest BCUT2D eigenvalue weighted by Crippen LogP contribution is 2.09. The number of ether oxygens (including phenoxy) is 1. The van der Waals surface area contributed by atoms with Crippen molar-refractivity contribution in [3.8, 4) is 0 Å². The Morgan fingerprint density at radius 3 is 2.45 bits per heavy atom. The molecule has 2 N–H and O–H groups in total. The van der Waals surface area contributed by atoms with E-state index >= 15 is 0 Å². The Morgan fingerprint density at radius 1 is 1.07 bits per heavy atom. The van der Waals surface area contributed by atoms with Crippen molar-refractivity contribution >= 4 is 29.9 Å². The number of halogens is 1. The van der Waals surface area contributed by atoms with Crippen molar-refractivity contribution in [2.75, 3.05) is 60.0 Å². The lowest BCUT2D eigenvalue weighted by Gasteiger charge is -2.18. The second kappa shape index (κ2) is 17.9. The van der Waals surface area contributed by atoms with Crippen molar-refractivity contribution in [1.82, 2.24) is 20.4 Å². The van der Waals surface area contributed by atoms with Gasteiger partial charge in [0, 0.05) is 46.4 Å². The average molecular weight is 520 g/mol. The Balaban J connectivity index is 0.00000784. The second-order valence-electron chi connectivity index (χ2n) is 7.05. The Labute approximate surface area is 195 Å². The summed E-state index contributed by atoms with van der Waals surface area (Å²) in [7, 11) is 3.89. The fourth-order valence-corrected chi connectivity index (χ4v) is 3.00. The van der Waals surface area contributed by atoms with E-state index in [-0.39, 0.29) is 24.0 Å². The second-order valence-corrected chi connectivity index (χ2v) is 7.05. The lowest BCUT2D eigenvalue weighted by atomic mass is 10.1. The number of methoxy groups -OCH3 is 1. The van der Waals surface area contributed by atoms with Crippen LogP contribution in [0.15, 0.2) is 29.3 Å². The zero-order chi connectivity index (χ0) is 20.6. The van der Waals surface area contributed by atoms with Crippen LogP contribution in [0.2, 0.25) is 0 Å². The molecule has 0 saturated heterocycles. The molecule has 6 nitrogen and oxygen atoms in total. The molecule has 1 aromatic carbocycles. The number of hydrogen-bond donors (Lipinski definition) is 2. The van der Waals surface area contributed by atoms with Crippen LogP contribution in [0.5, 0.6) is 0 Å². The van der Waals surface area contributed by atoms with Crippen molar-refractivity contribution in [2.24, 2.45) is 4.99 Å². The molecular formula is C22H42IN5O. The first-order chi connectivity index (χ1) is 13.6. The first kappa shape index (κ1) is 28.1. The van der Waals surface area contributed by atoms with Crippen LogP contribution >= 0.6 is 24.0 Å². The SMILES string of the molecule is CCNC(=NCc1cccc(CN(CC)CC)c1)NCCN(C)CCCOC.I. The van der Waals surface area contributed by atoms with E-state index in [1.165, 1.54) is 11.1 Å². The third kappa shape index (κ3) is 13.1. The molecule has 0 atom stereocenters. The minimum Gasteiger partial charge on any atom is -0.385 e. The summed E-state index contributed by atoms with van der Waals surface area (Å²) in [6.45, 7) is 14.9. The largest absolute Gasteiger partial charge is 0.385 e. The smallest absolute Gasteiger partial charge is 0.191 e. The summed E-state index contributed by atoms with van der Waals surface area (Å²) in [4.78, 5) is 9.50. The molecule has 0 aliphatic carbocycles. The minimum absolute atomic E-state index is 0. The number of benzene rings is 1. The number of nitrogens with zero attached hydrogens (tertiary/aromatic N) is 3. The van der Waals surface area contributed by atoms with Crippen LogP contribution in [0.25, 0.3) is 0 Å². The predicted molar refractivity (Wildman–Crippen MR) is 135 cm³/mol. The highest BCUT2D eigenvalue weighted by atomic mass is 127. The van der Waals surface area contributed by atoms with Crippen LogP contribution in [0.4, 0.5) is 0 Å². The first-order valence-corrected chi connectivity index (χ1v) is 10.6. The van der Waals surface area contributed by atoms with E-state index in [0.717, 1.165) is 64.8 Å². The molecule has 29 heavy (non-hydrogen) atoms. The summed E-state index contributed by atoms with van der Waals surface area (Å²) in [5.41, 5.74) is 2.60. The van der Waals surface area contributed by atoms with Crippen LogP contribution in [-0.2, 0) is 17.8 Å². The lowest BCUT2D eigenvalue weighted by Crippen LogP contribution is -2.41. The Hall–Kier alpha value is -0.900. The van der Waals surface area contributed by atoms with Crippen LogP contribution in [0.3, 0.4) is 0 Å². The normalized spacial score (nSPS) is 11.6. The van der Waals surface area contributed by atoms with E-state index in [1.54, 1.807) is 7.11 Å². The molecule has 0 radical (unpaired) electrons. The summed E-state index contributed by atoms with van der Waals surface area (Å²) in [5, 5.41) is 6.77. The minimum atomic E-state index is 0. The van der Waals surface area contributed by atoms with Gasteiger partial charge in [0.25, 0.3) is 0 Å². The molecule has 0 bridgehead atoms. The van der Waals surface area contributed by atoms with Gasteiger partial charge in [0.15, 0.2) is 5.96 Å². The molecule has 0 aromatic heterocycles. The number of nitrogens with one attached hydrogen (secondary N) is 2. The highest BCUT2D eigenvalue weighted by Gasteiger charge is 2.03. The molecule has 0 unspecified atom stereocenters. The summed E-state index contributed by atoms with van der Waals surface area (Å²) in [6.07, 6.45) is 1.06. The number of rotatable bonds is 14. The molecule has 1 aromatic rings. The molecule has 0 spiro atoms. The van der Waals surface area contributed by atoms with Crippen LogP contribution < -0.4 is 10.6 Å². The maximum absolute atomic E-state index is 5.11. The molecular weight excluding hydrogens is 477 g/mol. The van der Waals surface area contributed by atoms with Gasteiger partial charge < -0.3 is 20.3 Å². The molecule has 168 valence electrons. The average Bonchev–Trinajstić information content (AvgIpc) is 2.70. The van der Waals surface area contributed by atoms with Gasteiger partial charge in [-0.25, -0.2) is 4.99 Å². The molecule has 0 aliphatic heterocycles. The van der Waals surface area contributed by atoms with E-state index in [4.69, 9.17) is 9.73 Å². The summed E-state index contributed by atoms with van der Waals surface area (Å²) >= 11 is 0. The van der Waals surface area contributed by atoms with Crippen LogP contribution in [-0.4, -0.2) is 75.8 Å². The molecule has 0 fully saturated rings. The number of guanidine groups is 1. The Kier molecular flexibility index (Phi) is 17.4. The summed E-state index contributed by atoms with van der Waals surface area (Å²) in [6, 6.07) is 8.77. The molecule has 0 heterocycles. The standard InChI is InChI=1S/C22H41N5O.HI/c1-6-23-22(24-13-15-26(4)14-10-16-28-5)25-18-20-11-9-12-21(17-20)19-27(7-2)8-3;/h9,11-12,17H,6-8,10,13-16,18-19H2,1-5H3,(H2,23,24,25);1H. The van der Waals surface area contributed by atoms with E-state index in [0.29, 0.717) is 6.54 Å². The van der Waals surface area contributed by atoms with Gasteiger partial charge in [0.05, 0.1) is 6.54 Å². The topological polar surface area (TPSA) is 52.1 Å². The van der Waals surface area contributed by atoms with E-state index in [9.17, 15) is 0 Å². The van der Waals surface area contributed by atoms with Crippen molar-refractivity contribution in [3.63, 3.8) is 0 Å². The zero-order valence-electron chi connectivity index (χ0n) is 19.0. The van der Waals surface area contributed by atoms with Crippen LogP contribution in [0, 0.1) is 0 Å². The van der Waals surface area contributed by atoms with Gasteiger partial charge in [0.1, 0.15) is 0 Å². The molecule has 0 aliphatic rings. The first-order valence-electron chi connectivity index (χ1n) is 10.6. The van der Waals surface area contributed by atoms with Gasteiger partial charge in [-0.05, 0) is 44.6 Å². The molecule has 1 rings (SSSR count). The highest BCUT2D eigenvalue weighted by molar-refractivity contribution is 14.0. The van der Waals surface area contributed by atoms with E-state index < -0.39 is 0 Å². The zero-order valence-corrected chi connectivity index (χ0v) is 21.4. The van der Waals surface area contributed by atoms with Crippen molar-refractivity contribution in [3.05, 3.63) is 35.4 Å². The Bertz CT molecular complexity index is 552. The lowest BCUT2D eigenvalue weighted by molar-refractivity contribution is 0.180. The fraction of sp³-hybridized carbons (Fsp3) is 0.682. The third-order valence-electron chi connectivity index (χ3n) is 4.73. The quantitative estimate of drug-likeness (QED) is 0.171. The van der Waals surface area contributed by atoms with Crippen molar-refractivity contribution in [1.29, 1.82) is 0 Å². The van der Waals surface area contributed by atoms with Gasteiger partial charge in [-0.1, -0.05) is 38.1 Å². The number of likely N-dealkylation sites (N-methyl/N-ethyl adjacent to an activating group) is 1. The molecule has 0 amide bonds. The third-order valence-corrected chi connectivity index (χ3v) is 4.73. The van der Waals surface area contributed by atoms with Gasteiger partial charge in [0.2, 0.25) is 0 Å². The van der Waals surface area contributed by atoms with E-state index in [2.05, 4.69) is 72.5 Å². The number of aliphatic imine (C=N–C) groups is 1. The van der Waals surface area contributed by atoms with Crippen molar-refractivity contribution < 1.29 is 4.74 Å². The number of hydrogen-bond acceptors (Lipinski definition) is 4. The van der Waals surface area contributed by atoms with Gasteiger partial charge in [-0.15, -0.1) is 24.0 Å². The van der Waals surface area contributed by atoms with Gasteiger partial charge in [-0.3, -0.25) is 4.90 Å². The van der Waals surface area contributed by atoms with Gasteiger partial charge >= 0.3 is 0 Å². The maximum atomic E-state index is 5.11. The van der Waals surface area contributed by atoms with Crippen LogP contribution in [0.1, 0.15) is 38.3 Å². The van der Waals surface area contributed by atoms with E-state index in [1.807, 2.05) is 0 Å². The van der Waals surface area contributed by atoms with Crippen molar-refractivity contribution in [2.45, 2.75) is 40.3 Å². The van der Waals surface area contributed by atoms with Gasteiger partial charge in [-0.2, -0.15) is 0 Å². The fourth-order valence-electron chi connectivity index (χ4n) is 3.00. The maximum Gasteiger partial charge on any atom is 0.191 e. The monoisotopic (exact) mass is 519 g/mol. The molecule has 7 heteroatoms. The molecule has 0 saturated carbocycles. The summed E-state index contributed by atoms with van der Waals surface area (Å²) in [5.74, 6) is 0.877. The predicted octanol–water partition coefficient (Wildman–Crippen LogP) is 3.17.